The van der Waals surface area contributed by atoms with Crippen molar-refractivity contribution in [2.75, 3.05) is 0 Å². The van der Waals surface area contributed by atoms with Crippen LogP contribution in [0.4, 0.5) is 13.2 Å². The maximum atomic E-state index is 13.4. The third-order valence-corrected chi connectivity index (χ3v) is 9.35. The van der Waals surface area contributed by atoms with Gasteiger partial charge in [0.1, 0.15) is 0 Å². The molecule has 7 atom stereocenters. The van der Waals surface area contributed by atoms with Gasteiger partial charge in [-0.1, -0.05) is 57.9 Å². The number of alkyl halides is 3. The second-order valence-electron chi connectivity index (χ2n) is 10.6. The Morgan fingerprint density at radius 1 is 1.29 bits per heavy atom. The van der Waals surface area contributed by atoms with Crippen LogP contribution in [0.1, 0.15) is 79.6 Å². The molecule has 2 saturated carbocycles. The highest BCUT2D eigenvalue weighted by Gasteiger charge is 2.62. The Bertz CT molecular complexity index is 665. The van der Waals surface area contributed by atoms with Gasteiger partial charge < -0.3 is 5.73 Å². The molecule has 0 aliphatic heterocycles. The van der Waals surface area contributed by atoms with E-state index in [0.29, 0.717) is 24.7 Å². The van der Waals surface area contributed by atoms with Crippen molar-refractivity contribution in [3.8, 4) is 0 Å². The average molecular weight is 398 g/mol. The lowest BCUT2D eigenvalue weighted by molar-refractivity contribution is -0.185. The Morgan fingerprint density at radius 3 is 2.46 bits per heavy atom. The smallest absolute Gasteiger partial charge is 0.324 e. The van der Waals surface area contributed by atoms with Crippen LogP contribution in [0.5, 0.6) is 0 Å². The van der Waals surface area contributed by atoms with Gasteiger partial charge >= 0.3 is 6.18 Å². The van der Waals surface area contributed by atoms with Crippen molar-refractivity contribution in [1.82, 2.24) is 0 Å². The zero-order valence-corrected chi connectivity index (χ0v) is 18.3. The molecule has 0 aromatic carbocycles. The maximum absolute atomic E-state index is 13.4. The van der Waals surface area contributed by atoms with Gasteiger partial charge in [0.2, 0.25) is 0 Å². The summed E-state index contributed by atoms with van der Waals surface area (Å²) < 4.78 is 40.1. The number of rotatable bonds is 3. The van der Waals surface area contributed by atoms with Gasteiger partial charge in [0, 0.05) is 5.54 Å². The molecule has 1 nitrogen and oxygen atoms in total. The first-order valence-electron chi connectivity index (χ1n) is 11.0. The molecule has 3 rings (SSSR count). The van der Waals surface area contributed by atoms with E-state index in [-0.39, 0.29) is 35.1 Å². The molecule has 7 unspecified atom stereocenters. The van der Waals surface area contributed by atoms with Gasteiger partial charge in [-0.25, -0.2) is 0 Å². The van der Waals surface area contributed by atoms with Crippen molar-refractivity contribution in [3.63, 3.8) is 0 Å². The standard InChI is InChI=1S/C24H38F3N/c1-7-19-21(5,16(4)15(2)3)12-10-20-22(6)11-8-18(24(25,26)27)14-17(22)9-13-23(19,20)28/h9,16,18-20H,2,7-8,10-14,28H2,1,3-6H3. The number of hydrogen-bond donors (Lipinski definition) is 1. The Hall–Kier alpha value is -0.770. The van der Waals surface area contributed by atoms with E-state index >= 15 is 0 Å². The number of hydrogen-bond acceptors (Lipinski definition) is 1. The Balaban J connectivity index is 1.98. The summed E-state index contributed by atoms with van der Waals surface area (Å²) >= 11 is 0. The van der Waals surface area contributed by atoms with E-state index in [1.54, 1.807) is 0 Å². The zero-order valence-electron chi connectivity index (χ0n) is 18.3. The van der Waals surface area contributed by atoms with Crippen LogP contribution >= 0.6 is 0 Å². The molecule has 4 heteroatoms. The van der Waals surface area contributed by atoms with Crippen molar-refractivity contribution in [1.29, 1.82) is 0 Å². The summed E-state index contributed by atoms with van der Waals surface area (Å²) in [7, 11) is 0. The molecule has 2 fully saturated rings. The first-order chi connectivity index (χ1) is 12.8. The first-order valence-corrected chi connectivity index (χ1v) is 11.0. The third-order valence-electron chi connectivity index (χ3n) is 9.35. The van der Waals surface area contributed by atoms with E-state index in [0.717, 1.165) is 24.8 Å². The number of nitrogens with two attached hydrogens (primary N) is 1. The van der Waals surface area contributed by atoms with Crippen LogP contribution in [-0.4, -0.2) is 11.7 Å². The van der Waals surface area contributed by atoms with Crippen LogP contribution in [0, 0.1) is 34.5 Å². The molecule has 0 aromatic rings. The lowest BCUT2D eigenvalue weighted by Gasteiger charge is -2.64. The molecule has 0 radical (unpaired) electrons. The Kier molecular flexibility index (Phi) is 5.40. The molecule has 2 N–H and O–H groups in total. The molecule has 0 bridgehead atoms. The van der Waals surface area contributed by atoms with E-state index in [1.807, 2.05) is 0 Å². The van der Waals surface area contributed by atoms with Gasteiger partial charge in [0.15, 0.2) is 0 Å². The highest BCUT2D eigenvalue weighted by Crippen LogP contribution is 2.65. The molecule has 160 valence electrons. The number of halogens is 3. The minimum atomic E-state index is -4.09. The normalized spacial score (nSPS) is 44.9. The minimum absolute atomic E-state index is 0.0940. The highest BCUT2D eigenvalue weighted by molar-refractivity contribution is 5.30. The number of allylic oxidation sites excluding steroid dienone is 2. The quantitative estimate of drug-likeness (QED) is 0.508. The summed E-state index contributed by atoms with van der Waals surface area (Å²) in [6.07, 6.45) is 2.83. The molecule has 0 saturated heterocycles. The summed E-state index contributed by atoms with van der Waals surface area (Å²) in [5, 5.41) is 0. The summed E-state index contributed by atoms with van der Waals surface area (Å²) in [5.74, 6) is -0.181. The average Bonchev–Trinajstić information content (AvgIpc) is 2.58. The monoisotopic (exact) mass is 397 g/mol. The van der Waals surface area contributed by atoms with E-state index < -0.39 is 12.1 Å². The SMILES string of the molecule is C=C(C)C(C)C1(C)CCC2C3(C)CCC(C(F)(F)F)CC3=CCC2(N)C1CC. The predicted octanol–water partition coefficient (Wildman–Crippen LogP) is 7.04. The van der Waals surface area contributed by atoms with Crippen molar-refractivity contribution in [2.45, 2.75) is 91.3 Å². The van der Waals surface area contributed by atoms with Crippen LogP contribution in [0.25, 0.3) is 0 Å². The van der Waals surface area contributed by atoms with E-state index in [9.17, 15) is 13.2 Å². The van der Waals surface area contributed by atoms with Crippen molar-refractivity contribution >= 4 is 0 Å². The van der Waals surface area contributed by atoms with Gasteiger partial charge in [-0.15, -0.1) is 0 Å². The van der Waals surface area contributed by atoms with Crippen LogP contribution in [0.15, 0.2) is 23.8 Å². The lowest BCUT2D eigenvalue weighted by Crippen LogP contribution is -2.67. The lowest BCUT2D eigenvalue weighted by atomic mass is 9.42. The number of fused-ring (bicyclic) bond motifs is 3. The van der Waals surface area contributed by atoms with E-state index in [4.69, 9.17) is 5.73 Å². The fourth-order valence-corrected chi connectivity index (χ4v) is 7.41. The molecule has 28 heavy (non-hydrogen) atoms. The maximum Gasteiger partial charge on any atom is 0.392 e. The van der Waals surface area contributed by atoms with Gasteiger partial charge in [-0.2, -0.15) is 13.2 Å². The van der Waals surface area contributed by atoms with Crippen molar-refractivity contribution in [2.24, 2.45) is 40.2 Å². The molecule has 0 spiro atoms. The summed E-state index contributed by atoms with van der Waals surface area (Å²) in [6, 6.07) is 0. The Labute approximate surface area is 169 Å². The second-order valence-corrected chi connectivity index (χ2v) is 10.6. The van der Waals surface area contributed by atoms with Gasteiger partial charge in [-0.3, -0.25) is 0 Å². The molecule has 0 heterocycles. The van der Waals surface area contributed by atoms with Gasteiger partial charge in [0.25, 0.3) is 0 Å². The second kappa shape index (κ2) is 6.89. The molecular formula is C24H38F3N. The molecule has 0 aromatic heterocycles. The zero-order chi connectivity index (χ0) is 21.1. The van der Waals surface area contributed by atoms with E-state index in [2.05, 4.69) is 47.3 Å². The highest BCUT2D eigenvalue weighted by atomic mass is 19.4. The van der Waals surface area contributed by atoms with Gasteiger partial charge in [0.05, 0.1) is 5.92 Å². The fourth-order valence-electron chi connectivity index (χ4n) is 7.41. The first kappa shape index (κ1) is 21.9. The summed E-state index contributed by atoms with van der Waals surface area (Å²) in [5.41, 5.74) is 9.05. The summed E-state index contributed by atoms with van der Waals surface area (Å²) in [4.78, 5) is 0. The predicted molar refractivity (Wildman–Crippen MR) is 110 cm³/mol. The molecule has 3 aliphatic carbocycles. The fraction of sp³-hybridized carbons (Fsp3) is 0.833. The van der Waals surface area contributed by atoms with Crippen LogP contribution in [0.2, 0.25) is 0 Å². The van der Waals surface area contributed by atoms with Crippen molar-refractivity contribution < 1.29 is 13.2 Å². The van der Waals surface area contributed by atoms with Crippen LogP contribution < -0.4 is 5.73 Å². The van der Waals surface area contributed by atoms with Crippen LogP contribution in [0.3, 0.4) is 0 Å². The minimum Gasteiger partial charge on any atom is -0.324 e. The summed E-state index contributed by atoms with van der Waals surface area (Å²) in [6.45, 7) is 15.4. The van der Waals surface area contributed by atoms with E-state index in [1.165, 1.54) is 5.57 Å². The van der Waals surface area contributed by atoms with Crippen molar-refractivity contribution in [3.05, 3.63) is 23.8 Å². The largest absolute Gasteiger partial charge is 0.392 e. The topological polar surface area (TPSA) is 26.0 Å². The molecule has 3 aliphatic rings. The Morgan fingerprint density at radius 2 is 1.93 bits per heavy atom. The van der Waals surface area contributed by atoms with Crippen LogP contribution in [-0.2, 0) is 0 Å². The molecule has 0 amide bonds. The van der Waals surface area contributed by atoms with Gasteiger partial charge in [-0.05, 0) is 74.0 Å². The molecular weight excluding hydrogens is 359 g/mol. The third kappa shape index (κ3) is 3.09.